The van der Waals surface area contributed by atoms with Gasteiger partial charge in [-0.15, -0.1) is 0 Å². The van der Waals surface area contributed by atoms with Crippen molar-refractivity contribution in [1.29, 1.82) is 0 Å². The van der Waals surface area contributed by atoms with Gasteiger partial charge in [-0.1, -0.05) is 36.4 Å². The van der Waals surface area contributed by atoms with Crippen LogP contribution in [0.15, 0.2) is 102 Å². The Labute approximate surface area is 335 Å². The zero-order valence-electron chi connectivity index (χ0n) is 31.9. The Morgan fingerprint density at radius 2 is 1.79 bits per heavy atom. The monoisotopic (exact) mass is 804 g/mol. The van der Waals surface area contributed by atoms with Crippen molar-refractivity contribution in [1.82, 2.24) is 10.3 Å². The van der Waals surface area contributed by atoms with Crippen LogP contribution in [0.5, 0.6) is 11.5 Å². The molecular formula is C43H44N6O8S. The predicted octanol–water partition coefficient (Wildman–Crippen LogP) is 3.91. The van der Waals surface area contributed by atoms with E-state index in [0.717, 1.165) is 18.4 Å². The van der Waals surface area contributed by atoms with Crippen LogP contribution in [-0.4, -0.2) is 67.3 Å². The van der Waals surface area contributed by atoms with Gasteiger partial charge in [-0.25, -0.2) is 8.42 Å². The molecule has 1 heterocycles. The summed E-state index contributed by atoms with van der Waals surface area (Å²) in [4.78, 5) is 41.1. The number of sulfone groups is 1. The maximum atomic E-state index is 14.2. The molecule has 4 aromatic carbocycles. The topological polar surface area (TPSA) is 222 Å². The summed E-state index contributed by atoms with van der Waals surface area (Å²) in [6.45, 7) is 2.70. The highest BCUT2D eigenvalue weighted by Gasteiger charge is 2.30. The number of hydrogen-bond donors (Lipinski definition) is 7. The van der Waals surface area contributed by atoms with E-state index in [2.05, 4.69) is 26.3 Å². The van der Waals surface area contributed by atoms with Crippen LogP contribution < -0.4 is 42.3 Å². The van der Waals surface area contributed by atoms with E-state index in [1.165, 1.54) is 43.6 Å². The zero-order chi connectivity index (χ0) is 41.4. The Balaban J connectivity index is 1.10. The first-order valence-corrected chi connectivity index (χ1v) is 20.0. The smallest absolute Gasteiger partial charge is 0.255 e. The van der Waals surface area contributed by atoms with E-state index in [4.69, 9.17) is 10.5 Å². The second-order valence-electron chi connectivity index (χ2n) is 13.8. The number of carbonyl (C=O) groups excluding carboxylic acids is 3. The van der Waals surface area contributed by atoms with Gasteiger partial charge in [0.25, 0.3) is 11.8 Å². The van der Waals surface area contributed by atoms with Gasteiger partial charge < -0.3 is 42.0 Å². The first-order chi connectivity index (χ1) is 27.9. The highest BCUT2D eigenvalue weighted by atomic mass is 32.2. The number of aromatic hydroxyl groups is 1. The van der Waals surface area contributed by atoms with E-state index in [0.29, 0.717) is 57.5 Å². The average Bonchev–Trinajstić information content (AvgIpc) is 3.22. The number of aliphatic hydroxyl groups is 1. The number of aromatic nitrogens is 1. The molecular weight excluding hydrogens is 761 g/mol. The maximum absolute atomic E-state index is 14.2. The molecule has 0 aliphatic heterocycles. The Hall–Kier alpha value is -6.55. The van der Waals surface area contributed by atoms with Gasteiger partial charge in [0, 0.05) is 41.0 Å². The van der Waals surface area contributed by atoms with Crippen LogP contribution in [0, 0.1) is 0 Å². The largest absolute Gasteiger partial charge is 0.506 e. The summed E-state index contributed by atoms with van der Waals surface area (Å²) >= 11 is 0. The number of methoxy groups -OCH3 is 1. The number of nitrogens with two attached hydrogens (primary N) is 1. The third kappa shape index (κ3) is 9.52. The minimum Gasteiger partial charge on any atom is -0.506 e. The van der Waals surface area contributed by atoms with Crippen molar-refractivity contribution in [3.63, 3.8) is 0 Å². The van der Waals surface area contributed by atoms with Gasteiger partial charge in [0.1, 0.15) is 11.5 Å². The fraction of sp³-hybridized carbons (Fsp3) is 0.209. The van der Waals surface area contributed by atoms with Crippen molar-refractivity contribution in [2.24, 2.45) is 5.73 Å². The van der Waals surface area contributed by atoms with Gasteiger partial charge in [-0.3, -0.25) is 19.4 Å². The maximum Gasteiger partial charge on any atom is 0.255 e. The molecule has 58 heavy (non-hydrogen) atoms. The number of hydrogen-bond acceptors (Lipinski definition) is 11. The Kier molecular flexibility index (Phi) is 12.9. The SMILES string of the molecule is COc1cccc(Nc2c(C(N)=O)cnc3c2=CC(S(=O)(=O)c2cccc(C(=O)Nc4ccc(CCCNC[C@H](O)c5ccc(O)c(NC=O)c5)cc4)c2)CC=3C)c1. The quantitative estimate of drug-likeness (QED) is 0.0406. The van der Waals surface area contributed by atoms with Crippen LogP contribution in [0.3, 0.4) is 0 Å². The summed E-state index contributed by atoms with van der Waals surface area (Å²) in [5.74, 6) is -0.718. The van der Waals surface area contributed by atoms with Crippen molar-refractivity contribution in [3.05, 3.63) is 130 Å². The Morgan fingerprint density at radius 3 is 2.53 bits per heavy atom. The number of carbonyl (C=O) groups is 3. The van der Waals surface area contributed by atoms with E-state index in [-0.39, 0.29) is 40.4 Å². The second kappa shape index (κ2) is 18.1. The molecule has 0 radical (unpaired) electrons. The predicted molar refractivity (Wildman–Crippen MR) is 222 cm³/mol. The number of phenolic OH excluding ortho intramolecular Hbond substituents is 1. The number of aliphatic hydroxyl groups excluding tert-OH is 1. The number of nitrogens with zero attached hydrogens (tertiary/aromatic N) is 1. The molecule has 1 unspecified atom stereocenters. The molecule has 2 atom stereocenters. The van der Waals surface area contributed by atoms with Gasteiger partial charge in [-0.05, 0) is 104 Å². The molecule has 300 valence electrons. The lowest BCUT2D eigenvalue weighted by Crippen LogP contribution is -2.41. The fourth-order valence-electron chi connectivity index (χ4n) is 6.70. The molecule has 5 aromatic rings. The molecule has 14 nitrogen and oxygen atoms in total. The van der Waals surface area contributed by atoms with Crippen LogP contribution in [0.1, 0.15) is 57.7 Å². The third-order valence-corrected chi connectivity index (χ3v) is 11.8. The first-order valence-electron chi connectivity index (χ1n) is 18.5. The van der Waals surface area contributed by atoms with E-state index in [1.807, 2.05) is 12.1 Å². The number of ether oxygens (including phenoxy) is 1. The molecule has 0 fully saturated rings. The summed E-state index contributed by atoms with van der Waals surface area (Å²) < 4.78 is 33.7. The highest BCUT2D eigenvalue weighted by molar-refractivity contribution is 7.92. The molecule has 0 spiro atoms. The lowest BCUT2D eigenvalue weighted by molar-refractivity contribution is -0.105. The van der Waals surface area contributed by atoms with Crippen molar-refractivity contribution >= 4 is 62.5 Å². The standard InChI is InChI=1S/C43H44N6O8S/c1-26-18-34(22-35-40(26)46-23-36(42(44)53)41(35)48-31-8-4-9-32(21-31)57-2)58(55,56)33-10-3-7-29(19-33)43(54)49-30-14-11-27(12-15-30)6-5-17-45-24-39(52)28-13-16-38(51)37(20-28)47-25-50/h3-4,7-16,19-23,25,34,39,45,48,51-52H,5-6,17-18,24H2,1-2H3,(H2,44,53)(H,47,50)(H,49,54)/t34?,39-/m0/s1. The van der Waals surface area contributed by atoms with E-state index in [1.54, 1.807) is 61.5 Å². The zero-order valence-corrected chi connectivity index (χ0v) is 32.7. The molecule has 3 amide bonds. The highest BCUT2D eigenvalue weighted by Crippen LogP contribution is 2.28. The second-order valence-corrected chi connectivity index (χ2v) is 16.0. The van der Waals surface area contributed by atoms with Crippen LogP contribution >= 0.6 is 0 Å². The van der Waals surface area contributed by atoms with Gasteiger partial charge in [-0.2, -0.15) is 0 Å². The first kappa shape index (κ1) is 41.1. The number of benzene rings is 4. The molecule has 0 bridgehead atoms. The Bertz CT molecular complexity index is 2580. The van der Waals surface area contributed by atoms with E-state index < -0.39 is 33.0 Å². The molecule has 1 aliphatic carbocycles. The molecule has 8 N–H and O–H groups in total. The van der Waals surface area contributed by atoms with Crippen LogP contribution in [0.4, 0.5) is 22.7 Å². The van der Waals surface area contributed by atoms with Crippen LogP contribution in [0.25, 0.3) is 11.6 Å². The van der Waals surface area contributed by atoms with E-state index >= 15 is 0 Å². The normalized spacial score (nSPS) is 14.1. The van der Waals surface area contributed by atoms with Crippen LogP contribution in [0.2, 0.25) is 0 Å². The van der Waals surface area contributed by atoms with Gasteiger partial charge in [0.2, 0.25) is 6.41 Å². The van der Waals surface area contributed by atoms with Gasteiger partial charge in [0.15, 0.2) is 9.84 Å². The number of rotatable bonds is 17. The summed E-state index contributed by atoms with van der Waals surface area (Å²) in [7, 11) is -2.50. The minimum absolute atomic E-state index is 0.0295. The minimum atomic E-state index is -4.03. The summed E-state index contributed by atoms with van der Waals surface area (Å²) in [6, 6.07) is 24.8. The molecule has 6 rings (SSSR count). The van der Waals surface area contributed by atoms with Crippen LogP contribution in [-0.2, 0) is 21.1 Å². The molecule has 0 saturated carbocycles. The molecule has 15 heteroatoms. The van der Waals surface area contributed by atoms with Crippen molar-refractivity contribution < 1.29 is 37.8 Å². The molecule has 1 aliphatic rings. The average molecular weight is 805 g/mol. The summed E-state index contributed by atoms with van der Waals surface area (Å²) in [5.41, 5.74) is 9.97. The summed E-state index contributed by atoms with van der Waals surface area (Å²) in [6.07, 6.45) is 4.25. The lowest BCUT2D eigenvalue weighted by Gasteiger charge is -2.21. The lowest BCUT2D eigenvalue weighted by atomic mass is 10.0. The Morgan fingerprint density at radius 1 is 1.02 bits per heavy atom. The molecule has 1 aromatic heterocycles. The number of nitrogens with one attached hydrogen (secondary N) is 4. The number of amides is 3. The number of pyridine rings is 1. The number of anilines is 4. The van der Waals surface area contributed by atoms with Crippen molar-refractivity contribution in [2.45, 2.75) is 42.4 Å². The third-order valence-electron chi connectivity index (χ3n) is 9.80. The molecule has 0 saturated heterocycles. The number of fused-ring (bicyclic) bond motifs is 1. The number of phenols is 1. The van der Waals surface area contributed by atoms with Gasteiger partial charge in [0.05, 0.1) is 45.6 Å². The van der Waals surface area contributed by atoms with Crippen molar-refractivity contribution in [2.75, 3.05) is 36.1 Å². The number of primary amides is 1. The number of aryl methyl sites for hydroxylation is 1. The fourth-order valence-corrected chi connectivity index (χ4v) is 8.39. The summed E-state index contributed by atoms with van der Waals surface area (Å²) in [5, 5.41) is 31.9. The van der Waals surface area contributed by atoms with Gasteiger partial charge >= 0.3 is 0 Å². The van der Waals surface area contributed by atoms with E-state index in [9.17, 15) is 33.0 Å². The van der Waals surface area contributed by atoms with Crippen molar-refractivity contribution in [3.8, 4) is 11.5 Å².